The van der Waals surface area contributed by atoms with Crippen LogP contribution in [-0.4, -0.2) is 43.0 Å². The van der Waals surface area contributed by atoms with E-state index >= 15 is 0 Å². The van der Waals surface area contributed by atoms with Gasteiger partial charge in [0.1, 0.15) is 0 Å². The monoisotopic (exact) mass is 215 g/mol. The first kappa shape index (κ1) is 9.51. The van der Waals surface area contributed by atoms with Gasteiger partial charge < -0.3 is 9.88 Å². The second kappa shape index (κ2) is 3.61. The molecule has 5 nitrogen and oxygen atoms in total. The quantitative estimate of drug-likeness (QED) is 0.718. The van der Waals surface area contributed by atoms with Gasteiger partial charge in [-0.25, -0.2) is 13.4 Å². The van der Waals surface area contributed by atoms with Gasteiger partial charge in [0, 0.05) is 25.5 Å². The van der Waals surface area contributed by atoms with E-state index in [0.29, 0.717) is 18.7 Å². The summed E-state index contributed by atoms with van der Waals surface area (Å²) in [4.78, 5) is 9.06. The van der Waals surface area contributed by atoms with Crippen molar-refractivity contribution in [3.63, 3.8) is 0 Å². The van der Waals surface area contributed by atoms with Gasteiger partial charge in [-0.3, -0.25) is 0 Å². The van der Waals surface area contributed by atoms with Crippen molar-refractivity contribution in [2.75, 3.05) is 29.5 Å². The summed E-state index contributed by atoms with van der Waals surface area (Å²) in [5, 5.41) is 0. The second-order valence-corrected chi connectivity index (χ2v) is 5.71. The minimum Gasteiger partial charge on any atom is -0.341 e. The lowest BCUT2D eigenvalue weighted by atomic mass is 10.4. The van der Waals surface area contributed by atoms with Gasteiger partial charge >= 0.3 is 0 Å². The van der Waals surface area contributed by atoms with Gasteiger partial charge in [-0.1, -0.05) is 0 Å². The van der Waals surface area contributed by atoms with Gasteiger partial charge in [-0.2, -0.15) is 0 Å². The lowest BCUT2D eigenvalue weighted by Gasteiger charge is -2.17. The van der Waals surface area contributed by atoms with Crippen LogP contribution >= 0.6 is 0 Å². The fourth-order valence-electron chi connectivity index (χ4n) is 1.58. The van der Waals surface area contributed by atoms with E-state index in [9.17, 15) is 8.42 Å². The van der Waals surface area contributed by atoms with Crippen LogP contribution in [0.25, 0.3) is 0 Å². The third kappa shape index (κ3) is 2.06. The topological polar surface area (TPSA) is 66.1 Å². The van der Waals surface area contributed by atoms with Gasteiger partial charge in [0.25, 0.3) is 0 Å². The van der Waals surface area contributed by atoms with Crippen molar-refractivity contribution >= 4 is 15.8 Å². The Morgan fingerprint density at radius 3 is 2.93 bits per heavy atom. The van der Waals surface area contributed by atoms with E-state index < -0.39 is 9.84 Å². The highest BCUT2D eigenvalue weighted by Crippen LogP contribution is 2.11. The van der Waals surface area contributed by atoms with Crippen LogP contribution in [-0.2, 0) is 9.84 Å². The number of nitrogens with zero attached hydrogens (tertiary/aromatic N) is 2. The number of aromatic amines is 1. The maximum absolute atomic E-state index is 11.3. The molecule has 1 aromatic rings. The van der Waals surface area contributed by atoms with Crippen molar-refractivity contribution < 1.29 is 8.42 Å². The number of rotatable bonds is 1. The van der Waals surface area contributed by atoms with Crippen molar-refractivity contribution in [3.05, 3.63) is 12.4 Å². The Morgan fingerprint density at radius 2 is 2.21 bits per heavy atom. The molecule has 78 valence electrons. The summed E-state index contributed by atoms with van der Waals surface area (Å²) in [6.45, 7) is 1.29. The van der Waals surface area contributed by atoms with Crippen LogP contribution in [0, 0.1) is 0 Å². The first-order valence-electron chi connectivity index (χ1n) is 4.62. The Hall–Kier alpha value is -1.04. The normalized spacial score (nSPS) is 21.9. The molecule has 1 aliphatic rings. The lowest BCUT2D eigenvalue weighted by Crippen LogP contribution is -2.27. The smallest absolute Gasteiger partial charge is 0.202 e. The zero-order valence-corrected chi connectivity index (χ0v) is 8.63. The second-order valence-electron chi connectivity index (χ2n) is 3.41. The van der Waals surface area contributed by atoms with E-state index in [-0.39, 0.29) is 5.75 Å². The molecule has 0 radical (unpaired) electrons. The zero-order chi connectivity index (χ0) is 10.0. The van der Waals surface area contributed by atoms with Gasteiger partial charge in [0.15, 0.2) is 9.84 Å². The van der Waals surface area contributed by atoms with Crippen LogP contribution in [0.5, 0.6) is 0 Å². The largest absolute Gasteiger partial charge is 0.341 e. The summed E-state index contributed by atoms with van der Waals surface area (Å²) in [6, 6.07) is 0. The molecular formula is C8H13N3O2S. The molecule has 0 unspecified atom stereocenters. The molecule has 0 saturated carbocycles. The summed E-state index contributed by atoms with van der Waals surface area (Å²) in [5.74, 6) is 1.29. The fourth-order valence-corrected chi connectivity index (χ4v) is 2.85. The first-order chi connectivity index (χ1) is 6.67. The number of H-pyrrole nitrogens is 1. The number of hydrogen-bond donors (Lipinski definition) is 1. The minimum absolute atomic E-state index is 0.230. The van der Waals surface area contributed by atoms with Gasteiger partial charge in [0.05, 0.1) is 11.5 Å². The van der Waals surface area contributed by atoms with Crippen LogP contribution in [0.3, 0.4) is 0 Å². The summed E-state index contributed by atoms with van der Waals surface area (Å²) < 4.78 is 22.7. The van der Waals surface area contributed by atoms with Crippen molar-refractivity contribution in [2.45, 2.75) is 6.42 Å². The molecule has 1 fully saturated rings. The molecular weight excluding hydrogens is 202 g/mol. The zero-order valence-electron chi connectivity index (χ0n) is 7.81. The molecule has 14 heavy (non-hydrogen) atoms. The van der Waals surface area contributed by atoms with Crippen molar-refractivity contribution in [2.24, 2.45) is 0 Å². The average molecular weight is 215 g/mol. The fraction of sp³-hybridized carbons (Fsp3) is 0.625. The summed E-state index contributed by atoms with van der Waals surface area (Å²) >= 11 is 0. The maximum atomic E-state index is 11.3. The molecule has 0 spiro atoms. The average Bonchev–Trinajstić information content (AvgIpc) is 2.58. The van der Waals surface area contributed by atoms with Crippen molar-refractivity contribution in [1.82, 2.24) is 9.97 Å². The number of hydrogen-bond acceptors (Lipinski definition) is 4. The molecule has 1 aliphatic heterocycles. The van der Waals surface area contributed by atoms with Gasteiger partial charge in [-0.05, 0) is 6.42 Å². The van der Waals surface area contributed by atoms with E-state index in [1.807, 2.05) is 4.90 Å². The maximum Gasteiger partial charge on any atom is 0.202 e. The van der Waals surface area contributed by atoms with Crippen LogP contribution in [0.4, 0.5) is 5.95 Å². The molecule has 1 aromatic heterocycles. The van der Waals surface area contributed by atoms with Gasteiger partial charge in [-0.15, -0.1) is 0 Å². The highest BCUT2D eigenvalue weighted by Gasteiger charge is 2.19. The molecule has 0 atom stereocenters. The molecule has 6 heteroatoms. The third-order valence-electron chi connectivity index (χ3n) is 2.34. The van der Waals surface area contributed by atoms with E-state index in [1.54, 1.807) is 12.4 Å². The predicted molar refractivity (Wildman–Crippen MR) is 54.1 cm³/mol. The Bertz CT molecular complexity index is 385. The highest BCUT2D eigenvalue weighted by molar-refractivity contribution is 7.91. The third-order valence-corrected chi connectivity index (χ3v) is 4.05. The Balaban J connectivity index is 2.10. The number of anilines is 1. The van der Waals surface area contributed by atoms with Crippen molar-refractivity contribution in [3.8, 4) is 0 Å². The number of imidazole rings is 1. The molecule has 2 rings (SSSR count). The van der Waals surface area contributed by atoms with Crippen LogP contribution in [0.1, 0.15) is 6.42 Å². The molecule has 0 aromatic carbocycles. The Morgan fingerprint density at radius 1 is 1.36 bits per heavy atom. The molecule has 1 N–H and O–H groups in total. The standard InChI is InChI=1S/C8H13N3O2S/c12-14(13)6-1-4-11(5-7-14)8-9-2-3-10-8/h2-3H,1,4-7H2,(H,9,10). The first-order valence-corrected chi connectivity index (χ1v) is 6.44. The SMILES string of the molecule is O=S1(=O)CCCN(c2ncc[nH]2)CC1. The lowest BCUT2D eigenvalue weighted by molar-refractivity contribution is 0.597. The summed E-state index contributed by atoms with van der Waals surface area (Å²) in [7, 11) is -2.83. The molecule has 2 heterocycles. The predicted octanol–water partition coefficient (Wildman–Crippen LogP) is 0.0346. The molecule has 0 amide bonds. The van der Waals surface area contributed by atoms with Crippen molar-refractivity contribution in [1.29, 1.82) is 0 Å². The number of aromatic nitrogens is 2. The highest BCUT2D eigenvalue weighted by atomic mass is 32.2. The Kier molecular flexibility index (Phi) is 2.45. The summed E-state index contributed by atoms with van der Waals surface area (Å²) in [5.41, 5.74) is 0. The number of nitrogens with one attached hydrogen (secondary N) is 1. The Labute approximate surface area is 83.1 Å². The summed E-state index contributed by atoms with van der Waals surface area (Å²) in [6.07, 6.45) is 4.10. The van der Waals surface area contributed by atoms with Crippen LogP contribution < -0.4 is 4.90 Å². The van der Waals surface area contributed by atoms with E-state index in [2.05, 4.69) is 9.97 Å². The van der Waals surface area contributed by atoms with E-state index in [4.69, 9.17) is 0 Å². The molecule has 1 saturated heterocycles. The van der Waals surface area contributed by atoms with E-state index in [0.717, 1.165) is 12.5 Å². The van der Waals surface area contributed by atoms with E-state index in [1.165, 1.54) is 0 Å². The van der Waals surface area contributed by atoms with Gasteiger partial charge in [0.2, 0.25) is 5.95 Å². The molecule has 0 aliphatic carbocycles. The van der Waals surface area contributed by atoms with Crippen LogP contribution in [0.15, 0.2) is 12.4 Å². The number of sulfone groups is 1. The van der Waals surface area contributed by atoms with Crippen LogP contribution in [0.2, 0.25) is 0 Å². The molecule has 0 bridgehead atoms. The minimum atomic E-state index is -2.83.